The Hall–Kier alpha value is -3.41. The van der Waals surface area contributed by atoms with E-state index in [4.69, 9.17) is 23.0 Å². The van der Waals surface area contributed by atoms with Crippen LogP contribution in [0.2, 0.25) is 0 Å². The lowest BCUT2D eigenvalue weighted by molar-refractivity contribution is 0.174. The second-order valence-electron chi connectivity index (χ2n) is 5.66. The van der Waals surface area contributed by atoms with Gasteiger partial charge < -0.3 is 23.0 Å². The van der Waals surface area contributed by atoms with Crippen LogP contribution in [0.4, 0.5) is 0 Å². The summed E-state index contributed by atoms with van der Waals surface area (Å²) < 4.78 is 27.6. The lowest BCUT2D eigenvalue weighted by Crippen LogP contribution is -2.03. The van der Waals surface area contributed by atoms with Gasteiger partial charge in [0.2, 0.25) is 6.79 Å². The quantitative estimate of drug-likeness (QED) is 0.552. The third-order valence-electron chi connectivity index (χ3n) is 4.27. The van der Waals surface area contributed by atoms with Crippen LogP contribution in [0.1, 0.15) is 0 Å². The summed E-state index contributed by atoms with van der Waals surface area (Å²) in [6, 6.07) is 10.3. The average Bonchev–Trinajstić information content (AvgIpc) is 3.28. The number of fused-ring (bicyclic) bond motifs is 4. The van der Waals surface area contributed by atoms with Gasteiger partial charge in [0.25, 0.3) is 0 Å². The van der Waals surface area contributed by atoms with E-state index in [0.717, 1.165) is 10.9 Å². The molecule has 124 valence electrons. The first-order chi connectivity index (χ1) is 12.2. The van der Waals surface area contributed by atoms with Crippen molar-refractivity contribution in [3.05, 3.63) is 52.9 Å². The Balaban J connectivity index is 1.82. The van der Waals surface area contributed by atoms with Crippen molar-refractivity contribution >= 4 is 21.9 Å². The van der Waals surface area contributed by atoms with E-state index in [9.17, 15) is 4.79 Å². The van der Waals surface area contributed by atoms with Gasteiger partial charge in [-0.2, -0.15) is 0 Å². The van der Waals surface area contributed by atoms with Crippen molar-refractivity contribution in [2.75, 3.05) is 13.9 Å². The molecule has 0 N–H and O–H groups in total. The normalized spacial score (nSPS) is 12.8. The minimum absolute atomic E-state index is 0.186. The summed E-state index contributed by atoms with van der Waals surface area (Å²) in [5.41, 5.74) is 1.56. The fourth-order valence-electron chi connectivity index (χ4n) is 3.08. The molecule has 1 aliphatic rings. The maximum absolute atomic E-state index is 12.7. The van der Waals surface area contributed by atoms with E-state index in [1.807, 2.05) is 6.07 Å². The molecule has 0 amide bonds. The zero-order chi connectivity index (χ0) is 17.0. The summed E-state index contributed by atoms with van der Waals surface area (Å²) in [5.74, 6) is 2.15. The van der Waals surface area contributed by atoms with Crippen LogP contribution in [0.25, 0.3) is 33.3 Å². The summed E-state index contributed by atoms with van der Waals surface area (Å²) in [6.07, 6.45) is 1.55. The zero-order valence-electron chi connectivity index (χ0n) is 13.2. The van der Waals surface area contributed by atoms with Crippen molar-refractivity contribution in [1.82, 2.24) is 0 Å². The lowest BCUT2D eigenvalue weighted by Gasteiger charge is -2.08. The van der Waals surface area contributed by atoms with E-state index in [1.165, 1.54) is 13.2 Å². The first-order valence-electron chi connectivity index (χ1n) is 7.66. The first-order valence-corrected chi connectivity index (χ1v) is 7.66. The maximum Gasteiger partial charge on any atom is 0.231 e. The highest BCUT2D eigenvalue weighted by molar-refractivity contribution is 6.05. The molecule has 0 bridgehead atoms. The fraction of sp³-hybridized carbons (Fsp3) is 0.105. The smallest absolute Gasteiger partial charge is 0.231 e. The standard InChI is InChI=1S/C19H12O6/c1-21-17-8-15-11(4-5-22-15)19-18(17)12(20)7-14(25-19)10-2-3-13-16(6-10)24-9-23-13/h2-8H,9H2,1H3. The number of furan rings is 1. The van der Waals surface area contributed by atoms with Gasteiger partial charge in [0.15, 0.2) is 22.5 Å². The van der Waals surface area contributed by atoms with Gasteiger partial charge in [-0.1, -0.05) is 0 Å². The molecular formula is C19H12O6. The van der Waals surface area contributed by atoms with Gasteiger partial charge in [0, 0.05) is 17.7 Å². The van der Waals surface area contributed by atoms with Crippen LogP contribution < -0.4 is 19.6 Å². The molecule has 0 saturated heterocycles. The van der Waals surface area contributed by atoms with E-state index < -0.39 is 0 Å². The average molecular weight is 336 g/mol. The topological polar surface area (TPSA) is 71.0 Å². The van der Waals surface area contributed by atoms with E-state index in [2.05, 4.69) is 0 Å². The summed E-state index contributed by atoms with van der Waals surface area (Å²) in [7, 11) is 1.51. The van der Waals surface area contributed by atoms with Crippen molar-refractivity contribution in [2.45, 2.75) is 0 Å². The Labute approximate surface area is 141 Å². The molecule has 6 heteroatoms. The van der Waals surface area contributed by atoms with E-state index in [-0.39, 0.29) is 12.2 Å². The summed E-state index contributed by atoms with van der Waals surface area (Å²) in [4.78, 5) is 12.7. The van der Waals surface area contributed by atoms with Gasteiger partial charge in [-0.05, 0) is 24.3 Å². The molecule has 1 aliphatic heterocycles. The predicted octanol–water partition coefficient (Wildman–Crippen LogP) is 3.94. The van der Waals surface area contributed by atoms with Crippen LogP contribution in [0.3, 0.4) is 0 Å². The molecule has 0 saturated carbocycles. The van der Waals surface area contributed by atoms with Gasteiger partial charge in [-0.3, -0.25) is 4.79 Å². The largest absolute Gasteiger partial charge is 0.496 e. The monoisotopic (exact) mass is 336 g/mol. The highest BCUT2D eigenvalue weighted by atomic mass is 16.7. The Kier molecular flexibility index (Phi) is 2.82. The van der Waals surface area contributed by atoms with Gasteiger partial charge >= 0.3 is 0 Å². The van der Waals surface area contributed by atoms with Crippen LogP contribution in [-0.2, 0) is 0 Å². The summed E-state index contributed by atoms with van der Waals surface area (Å²) >= 11 is 0. The molecule has 0 unspecified atom stereocenters. The summed E-state index contributed by atoms with van der Waals surface area (Å²) in [5, 5.41) is 1.11. The van der Waals surface area contributed by atoms with Gasteiger partial charge in [0.1, 0.15) is 22.5 Å². The molecule has 3 heterocycles. The molecule has 0 aliphatic carbocycles. The molecule has 6 nitrogen and oxygen atoms in total. The lowest BCUT2D eigenvalue weighted by atomic mass is 10.1. The maximum atomic E-state index is 12.7. The molecule has 2 aromatic heterocycles. The molecule has 25 heavy (non-hydrogen) atoms. The second-order valence-corrected chi connectivity index (χ2v) is 5.66. The van der Waals surface area contributed by atoms with Crippen LogP contribution >= 0.6 is 0 Å². The van der Waals surface area contributed by atoms with Crippen molar-refractivity contribution < 1.29 is 23.0 Å². The molecular weight excluding hydrogens is 324 g/mol. The third-order valence-corrected chi connectivity index (χ3v) is 4.27. The Bertz CT molecular complexity index is 1180. The van der Waals surface area contributed by atoms with Crippen molar-refractivity contribution in [3.63, 3.8) is 0 Å². The Morgan fingerprint density at radius 2 is 1.92 bits per heavy atom. The molecule has 0 spiro atoms. The SMILES string of the molecule is COc1cc2occc2c2oc(-c3ccc4c(c3)OCO4)cc(=O)c12. The molecule has 0 atom stereocenters. The molecule has 4 aromatic rings. The molecule has 0 radical (unpaired) electrons. The number of ether oxygens (including phenoxy) is 3. The van der Waals surface area contributed by atoms with Gasteiger partial charge in [0.05, 0.1) is 18.8 Å². The number of methoxy groups -OCH3 is 1. The van der Waals surface area contributed by atoms with Crippen molar-refractivity contribution in [2.24, 2.45) is 0 Å². The molecule has 0 fully saturated rings. The second kappa shape index (κ2) is 5.04. The Morgan fingerprint density at radius 3 is 2.80 bits per heavy atom. The van der Waals surface area contributed by atoms with Gasteiger partial charge in [-0.15, -0.1) is 0 Å². The van der Waals surface area contributed by atoms with Gasteiger partial charge in [-0.25, -0.2) is 0 Å². The third kappa shape index (κ3) is 2.00. The fourth-order valence-corrected chi connectivity index (χ4v) is 3.08. The number of rotatable bonds is 2. The highest BCUT2D eigenvalue weighted by Gasteiger charge is 2.19. The minimum atomic E-state index is -0.186. The van der Waals surface area contributed by atoms with Crippen LogP contribution in [0.5, 0.6) is 17.2 Å². The van der Waals surface area contributed by atoms with E-state index in [0.29, 0.717) is 39.6 Å². The number of benzene rings is 2. The molecule has 2 aromatic carbocycles. The Morgan fingerprint density at radius 1 is 1.04 bits per heavy atom. The zero-order valence-corrected chi connectivity index (χ0v) is 13.2. The van der Waals surface area contributed by atoms with Crippen molar-refractivity contribution in [1.29, 1.82) is 0 Å². The van der Waals surface area contributed by atoms with Crippen LogP contribution in [-0.4, -0.2) is 13.9 Å². The first kappa shape index (κ1) is 14.0. The minimum Gasteiger partial charge on any atom is -0.496 e. The predicted molar refractivity (Wildman–Crippen MR) is 90.4 cm³/mol. The van der Waals surface area contributed by atoms with Crippen LogP contribution in [0.15, 0.2) is 56.3 Å². The number of hydrogen-bond donors (Lipinski definition) is 0. The van der Waals surface area contributed by atoms with Crippen molar-refractivity contribution in [3.8, 4) is 28.6 Å². The summed E-state index contributed by atoms with van der Waals surface area (Å²) in [6.45, 7) is 0.188. The number of hydrogen-bond acceptors (Lipinski definition) is 6. The van der Waals surface area contributed by atoms with Crippen LogP contribution in [0, 0.1) is 0 Å². The van der Waals surface area contributed by atoms with E-state index >= 15 is 0 Å². The van der Waals surface area contributed by atoms with E-state index in [1.54, 1.807) is 30.5 Å². The molecule has 5 rings (SSSR count). The highest BCUT2D eigenvalue weighted by Crippen LogP contribution is 2.38.